The average Bonchev–Trinajstić information content (AvgIpc) is 2.80. The number of hydrogen-bond donors (Lipinski definition) is 0. The molecule has 162 valence electrons. The lowest BCUT2D eigenvalue weighted by Crippen LogP contribution is -2.06. The molecule has 8 heteroatoms. The summed E-state index contributed by atoms with van der Waals surface area (Å²) >= 11 is 6.01. The van der Waals surface area contributed by atoms with E-state index in [0.29, 0.717) is 17.1 Å². The zero-order valence-electron chi connectivity index (χ0n) is 16.8. The molecule has 3 aromatic carbocycles. The van der Waals surface area contributed by atoms with Gasteiger partial charge in [0.25, 0.3) is 0 Å². The van der Waals surface area contributed by atoms with Gasteiger partial charge < -0.3 is 18.6 Å². The van der Waals surface area contributed by atoms with Gasteiger partial charge in [-0.15, -0.1) is 0 Å². The highest BCUT2D eigenvalue weighted by Gasteiger charge is 2.13. The van der Waals surface area contributed by atoms with Crippen molar-refractivity contribution >= 4 is 28.5 Å². The molecule has 32 heavy (non-hydrogen) atoms. The quantitative estimate of drug-likeness (QED) is 0.346. The highest BCUT2D eigenvalue weighted by atomic mass is 35.5. The fraction of sp³-hybridized carbons (Fsp3) is 0.0833. The first-order valence-electron chi connectivity index (χ1n) is 9.44. The minimum atomic E-state index is -0.475. The number of carbonyl (C=O) groups excluding carboxylic acids is 1. The van der Waals surface area contributed by atoms with E-state index in [-0.39, 0.29) is 39.3 Å². The van der Waals surface area contributed by atoms with Gasteiger partial charge in [0.2, 0.25) is 11.2 Å². The Morgan fingerprint density at radius 1 is 1.06 bits per heavy atom. The second kappa shape index (κ2) is 9.11. The number of carbonyl (C=O) groups is 1. The SMILES string of the molecule is COC(=O)c1ccc(Oc2coc3cc(OCc4c(F)cccc4Cl)ccc3c2=O)cc1. The molecule has 1 aromatic heterocycles. The number of hydrogen-bond acceptors (Lipinski definition) is 6. The van der Waals surface area contributed by atoms with Crippen LogP contribution in [0.3, 0.4) is 0 Å². The minimum absolute atomic E-state index is 0.0184. The number of halogens is 2. The van der Waals surface area contributed by atoms with E-state index in [1.165, 1.54) is 49.8 Å². The van der Waals surface area contributed by atoms with Crippen molar-refractivity contribution in [2.75, 3.05) is 7.11 Å². The minimum Gasteiger partial charge on any atom is -0.489 e. The van der Waals surface area contributed by atoms with Gasteiger partial charge in [-0.2, -0.15) is 0 Å². The summed E-state index contributed by atoms with van der Waals surface area (Å²) < 4.78 is 35.3. The number of methoxy groups -OCH3 is 1. The zero-order valence-corrected chi connectivity index (χ0v) is 17.5. The van der Waals surface area contributed by atoms with E-state index in [1.54, 1.807) is 24.3 Å². The fourth-order valence-corrected chi connectivity index (χ4v) is 3.20. The number of esters is 1. The highest BCUT2D eigenvalue weighted by Crippen LogP contribution is 2.26. The largest absolute Gasteiger partial charge is 0.489 e. The van der Waals surface area contributed by atoms with Crippen LogP contribution >= 0.6 is 11.6 Å². The number of benzene rings is 3. The van der Waals surface area contributed by atoms with E-state index in [9.17, 15) is 14.0 Å². The van der Waals surface area contributed by atoms with Crippen LogP contribution in [0.15, 0.2) is 76.1 Å². The molecule has 0 radical (unpaired) electrons. The van der Waals surface area contributed by atoms with Crippen LogP contribution in [0.2, 0.25) is 5.02 Å². The molecule has 1 heterocycles. The molecule has 0 aliphatic rings. The molecule has 6 nitrogen and oxygen atoms in total. The number of rotatable bonds is 6. The third-order valence-electron chi connectivity index (χ3n) is 4.66. The molecule has 0 fully saturated rings. The maximum Gasteiger partial charge on any atom is 0.337 e. The molecule has 0 atom stereocenters. The van der Waals surface area contributed by atoms with Crippen LogP contribution in [0.5, 0.6) is 17.2 Å². The molecular weight excluding hydrogens is 439 g/mol. The monoisotopic (exact) mass is 454 g/mol. The Hall–Kier alpha value is -3.84. The molecule has 0 spiro atoms. The van der Waals surface area contributed by atoms with Crippen molar-refractivity contribution in [2.45, 2.75) is 6.61 Å². The van der Waals surface area contributed by atoms with Crippen molar-refractivity contribution in [3.63, 3.8) is 0 Å². The van der Waals surface area contributed by atoms with Gasteiger partial charge in [-0.25, -0.2) is 9.18 Å². The highest BCUT2D eigenvalue weighted by molar-refractivity contribution is 6.31. The van der Waals surface area contributed by atoms with E-state index in [4.69, 9.17) is 25.5 Å². The van der Waals surface area contributed by atoms with Crippen molar-refractivity contribution in [2.24, 2.45) is 0 Å². The van der Waals surface area contributed by atoms with Gasteiger partial charge in [0.1, 0.15) is 35.8 Å². The molecule has 0 aliphatic heterocycles. The molecule has 0 aliphatic carbocycles. The lowest BCUT2D eigenvalue weighted by atomic mass is 10.2. The first-order valence-corrected chi connectivity index (χ1v) is 9.81. The van der Waals surface area contributed by atoms with Crippen LogP contribution in [-0.4, -0.2) is 13.1 Å². The van der Waals surface area contributed by atoms with Gasteiger partial charge in [-0.3, -0.25) is 4.79 Å². The van der Waals surface area contributed by atoms with Crippen LogP contribution in [0.1, 0.15) is 15.9 Å². The number of ether oxygens (including phenoxy) is 3. The molecule has 4 rings (SSSR count). The molecule has 0 saturated carbocycles. The summed E-state index contributed by atoms with van der Waals surface area (Å²) in [5, 5.41) is 0.545. The number of fused-ring (bicyclic) bond motifs is 1. The van der Waals surface area contributed by atoms with Crippen molar-refractivity contribution in [3.05, 3.63) is 99.1 Å². The van der Waals surface area contributed by atoms with Crippen molar-refractivity contribution in [1.29, 1.82) is 0 Å². The van der Waals surface area contributed by atoms with Crippen molar-refractivity contribution in [3.8, 4) is 17.2 Å². The maximum absolute atomic E-state index is 13.9. The smallest absolute Gasteiger partial charge is 0.337 e. The van der Waals surface area contributed by atoms with E-state index in [1.807, 2.05) is 0 Å². The third-order valence-corrected chi connectivity index (χ3v) is 5.02. The lowest BCUT2D eigenvalue weighted by molar-refractivity contribution is 0.0600. The van der Waals surface area contributed by atoms with Gasteiger partial charge in [0.15, 0.2) is 0 Å². The summed E-state index contributed by atoms with van der Waals surface area (Å²) in [6.45, 7) is -0.0794. The topological polar surface area (TPSA) is 75.0 Å². The standard InChI is InChI=1S/C24H16ClFO6/c1-29-24(28)14-5-7-15(8-6-14)32-22-13-31-21-11-16(9-10-17(21)23(22)27)30-12-18-19(25)3-2-4-20(18)26/h2-11,13H,12H2,1H3. The molecule has 0 N–H and O–H groups in total. The second-order valence-corrected chi connectivity index (χ2v) is 7.10. The Labute approximate surface area is 186 Å². The maximum atomic E-state index is 13.9. The summed E-state index contributed by atoms with van der Waals surface area (Å²) in [6.07, 6.45) is 1.19. The first kappa shape index (κ1) is 21.4. The van der Waals surface area contributed by atoms with Crippen molar-refractivity contribution < 1.29 is 27.8 Å². The summed E-state index contributed by atoms with van der Waals surface area (Å²) in [5.41, 5.74) is 0.486. The zero-order chi connectivity index (χ0) is 22.7. The van der Waals surface area contributed by atoms with Gasteiger partial charge in [0.05, 0.1) is 23.1 Å². The van der Waals surface area contributed by atoms with Crippen LogP contribution in [-0.2, 0) is 11.3 Å². The van der Waals surface area contributed by atoms with Crippen LogP contribution in [0.4, 0.5) is 4.39 Å². The van der Waals surface area contributed by atoms with Gasteiger partial charge in [0, 0.05) is 11.6 Å². The Balaban J connectivity index is 1.53. The normalized spacial score (nSPS) is 10.7. The second-order valence-electron chi connectivity index (χ2n) is 6.69. The van der Waals surface area contributed by atoms with Gasteiger partial charge in [-0.05, 0) is 48.5 Å². The van der Waals surface area contributed by atoms with Gasteiger partial charge in [-0.1, -0.05) is 17.7 Å². The molecular formula is C24H16ClFO6. The molecule has 0 bridgehead atoms. The van der Waals surface area contributed by atoms with E-state index in [2.05, 4.69) is 4.74 Å². The fourth-order valence-electron chi connectivity index (χ4n) is 2.98. The van der Waals surface area contributed by atoms with Crippen LogP contribution < -0.4 is 14.9 Å². The van der Waals surface area contributed by atoms with Gasteiger partial charge >= 0.3 is 5.97 Å². The molecule has 0 saturated heterocycles. The van der Waals surface area contributed by atoms with E-state index in [0.717, 1.165) is 0 Å². The van der Waals surface area contributed by atoms with Crippen LogP contribution in [0, 0.1) is 5.82 Å². The molecule has 4 aromatic rings. The van der Waals surface area contributed by atoms with E-state index < -0.39 is 11.8 Å². The molecule has 0 unspecified atom stereocenters. The Morgan fingerprint density at radius 2 is 1.81 bits per heavy atom. The Bertz CT molecular complexity index is 1330. The average molecular weight is 455 g/mol. The summed E-state index contributed by atoms with van der Waals surface area (Å²) in [5.74, 6) is -0.225. The van der Waals surface area contributed by atoms with Crippen molar-refractivity contribution in [1.82, 2.24) is 0 Å². The summed E-state index contributed by atoms with van der Waals surface area (Å²) in [6, 6.07) is 15.2. The Kier molecular flexibility index (Phi) is 6.09. The predicted octanol–water partition coefficient (Wildman–Crippen LogP) is 5.74. The third kappa shape index (κ3) is 4.43. The predicted molar refractivity (Wildman–Crippen MR) is 116 cm³/mol. The summed E-state index contributed by atoms with van der Waals surface area (Å²) in [7, 11) is 1.29. The summed E-state index contributed by atoms with van der Waals surface area (Å²) in [4.78, 5) is 24.3. The lowest BCUT2D eigenvalue weighted by Gasteiger charge is -2.10. The van der Waals surface area contributed by atoms with Crippen LogP contribution in [0.25, 0.3) is 11.0 Å². The first-order chi connectivity index (χ1) is 15.5. The Morgan fingerprint density at radius 3 is 2.53 bits per heavy atom. The molecule has 0 amide bonds. The van der Waals surface area contributed by atoms with E-state index >= 15 is 0 Å².